The molecule has 3 aromatic rings. The highest BCUT2D eigenvalue weighted by Gasteiger charge is 2.40. The number of hydrogen-bond donors (Lipinski definition) is 1. The number of carbonyl (C=O) groups excluding carboxylic acids is 2. The molecule has 0 unspecified atom stereocenters. The lowest BCUT2D eigenvalue weighted by molar-refractivity contribution is -0.116. The first-order chi connectivity index (χ1) is 22.9. The van der Waals surface area contributed by atoms with Crippen LogP contribution < -0.4 is 5.32 Å². The van der Waals surface area contributed by atoms with Gasteiger partial charge in [-0.25, -0.2) is 13.6 Å². The molecule has 1 aromatic heterocycles. The fraction of sp³-hybridized carbons (Fsp3) is 0.500. The number of nitrogens with one attached hydrogen (secondary N) is 1. The van der Waals surface area contributed by atoms with E-state index in [4.69, 9.17) is 13.9 Å². The quantitative estimate of drug-likeness (QED) is 0.203. The highest BCUT2D eigenvalue weighted by molar-refractivity contribution is 6.74. The Balaban J connectivity index is 1.46. The minimum absolute atomic E-state index is 0.00691. The van der Waals surface area contributed by atoms with Crippen molar-refractivity contribution in [3.05, 3.63) is 95.3 Å². The molecule has 2 aromatic carbocycles. The third-order valence-corrected chi connectivity index (χ3v) is 13.8. The van der Waals surface area contributed by atoms with Crippen molar-refractivity contribution >= 4 is 26.0 Å². The van der Waals surface area contributed by atoms with Crippen LogP contribution in [0.5, 0.6) is 0 Å². The number of carbonyl (C=O) groups is 2. The molecule has 1 N–H and O–H groups in total. The van der Waals surface area contributed by atoms with E-state index < -0.39 is 31.9 Å². The first-order valence-corrected chi connectivity index (χ1v) is 19.8. The summed E-state index contributed by atoms with van der Waals surface area (Å²) in [5, 5.41) is 2.88. The maximum absolute atomic E-state index is 15.3. The van der Waals surface area contributed by atoms with E-state index in [2.05, 4.69) is 44.2 Å². The molecule has 11 heteroatoms. The molecule has 0 radical (unpaired) electrons. The van der Waals surface area contributed by atoms with Gasteiger partial charge in [0.2, 0.25) is 5.91 Å². The lowest BCUT2D eigenvalue weighted by atomic mass is 9.88. The summed E-state index contributed by atoms with van der Waals surface area (Å²) >= 11 is 0. The largest absolute Gasteiger partial charge is 0.444 e. The zero-order chi connectivity index (χ0) is 36.0. The second-order valence-corrected chi connectivity index (χ2v) is 20.1. The first kappa shape index (κ1) is 38.1. The van der Waals surface area contributed by atoms with Crippen LogP contribution in [0.15, 0.2) is 67.0 Å². The van der Waals surface area contributed by atoms with E-state index in [1.165, 1.54) is 18.3 Å². The minimum atomic E-state index is -2.09. The van der Waals surface area contributed by atoms with Gasteiger partial charge in [0.05, 0.1) is 50.0 Å². The number of amides is 2. The van der Waals surface area contributed by atoms with Gasteiger partial charge in [-0.2, -0.15) is 0 Å². The van der Waals surface area contributed by atoms with Gasteiger partial charge in [-0.05, 0) is 75.0 Å². The summed E-state index contributed by atoms with van der Waals surface area (Å²) in [6, 6.07) is 15.3. The SMILES string of the molecule is CC(C)(C)OC(=O)N1C[C@@H](CCc2c(F)cncc2NC(=O)C[C@H](c2ccccc2)c2ccc(F)cc2)OC[C@H]1CO[Si](C)(C)C(C)(C)C. The molecule has 0 saturated carbocycles. The number of pyridine rings is 1. The smallest absolute Gasteiger partial charge is 0.410 e. The van der Waals surface area contributed by atoms with Gasteiger partial charge in [-0.3, -0.25) is 14.7 Å². The first-order valence-electron chi connectivity index (χ1n) is 16.9. The molecule has 0 bridgehead atoms. The molecule has 266 valence electrons. The molecule has 8 nitrogen and oxygen atoms in total. The van der Waals surface area contributed by atoms with Gasteiger partial charge in [0, 0.05) is 17.9 Å². The Hall–Kier alpha value is -3.67. The number of aromatic nitrogens is 1. The van der Waals surface area contributed by atoms with Crippen LogP contribution in [0.2, 0.25) is 18.1 Å². The Morgan fingerprint density at radius 3 is 2.29 bits per heavy atom. The summed E-state index contributed by atoms with van der Waals surface area (Å²) in [5.74, 6) is -1.57. The van der Waals surface area contributed by atoms with E-state index in [-0.39, 0.29) is 60.4 Å². The molecular formula is C38H51F2N3O5Si. The molecule has 2 heterocycles. The van der Waals surface area contributed by atoms with E-state index in [1.54, 1.807) is 17.0 Å². The van der Waals surface area contributed by atoms with Crippen molar-refractivity contribution in [1.82, 2.24) is 9.88 Å². The van der Waals surface area contributed by atoms with Gasteiger partial charge in [0.1, 0.15) is 17.2 Å². The van der Waals surface area contributed by atoms with Crippen molar-refractivity contribution < 1.29 is 32.3 Å². The number of halogens is 2. The van der Waals surface area contributed by atoms with Crippen LogP contribution in [0.4, 0.5) is 19.3 Å². The van der Waals surface area contributed by atoms with Crippen molar-refractivity contribution in [3.63, 3.8) is 0 Å². The molecule has 4 rings (SSSR count). The lowest BCUT2D eigenvalue weighted by Gasteiger charge is -2.43. The zero-order valence-corrected chi connectivity index (χ0v) is 31.0. The van der Waals surface area contributed by atoms with Crippen molar-refractivity contribution in [1.29, 1.82) is 0 Å². The van der Waals surface area contributed by atoms with Crippen molar-refractivity contribution in [2.75, 3.05) is 25.1 Å². The van der Waals surface area contributed by atoms with Crippen molar-refractivity contribution in [2.24, 2.45) is 0 Å². The van der Waals surface area contributed by atoms with Gasteiger partial charge in [-0.1, -0.05) is 63.2 Å². The number of morpholine rings is 1. The maximum Gasteiger partial charge on any atom is 0.410 e. The van der Waals surface area contributed by atoms with Gasteiger partial charge < -0.3 is 19.2 Å². The van der Waals surface area contributed by atoms with Gasteiger partial charge in [-0.15, -0.1) is 0 Å². The lowest BCUT2D eigenvalue weighted by Crippen LogP contribution is -2.56. The molecule has 1 saturated heterocycles. The zero-order valence-electron chi connectivity index (χ0n) is 30.0. The number of nitrogens with zero attached hydrogens (tertiary/aromatic N) is 2. The number of anilines is 1. The van der Waals surface area contributed by atoms with Gasteiger partial charge in [0.15, 0.2) is 8.32 Å². The van der Waals surface area contributed by atoms with Crippen LogP contribution >= 0.6 is 0 Å². The van der Waals surface area contributed by atoms with Crippen LogP contribution in [0, 0.1) is 11.6 Å². The van der Waals surface area contributed by atoms with Crippen LogP contribution in [0.1, 0.15) is 77.0 Å². The Kier molecular flexibility index (Phi) is 12.4. The molecular weight excluding hydrogens is 645 g/mol. The van der Waals surface area contributed by atoms with E-state index >= 15 is 4.39 Å². The van der Waals surface area contributed by atoms with Crippen LogP contribution in [0.25, 0.3) is 0 Å². The Morgan fingerprint density at radius 1 is 1.00 bits per heavy atom. The standard InChI is InChI=1S/C38H51F2N3O5Si/c1-37(2,3)48-36(45)43-23-30(46-24-29(43)25-47-49(7,8)38(4,5)6)18-19-31-33(40)21-41-22-34(31)42-35(44)20-32(26-12-10-9-11-13-26)27-14-16-28(39)17-15-27/h9-17,21-22,29-30,32H,18-20,23-25H2,1-8H3,(H,42,44)/t29-,30+,32+/m0/s1. The summed E-state index contributed by atoms with van der Waals surface area (Å²) in [4.78, 5) is 32.5. The van der Waals surface area contributed by atoms with Gasteiger partial charge in [0.25, 0.3) is 0 Å². The topological polar surface area (TPSA) is 90.0 Å². The number of ether oxygens (including phenoxy) is 2. The van der Waals surface area contributed by atoms with E-state index in [0.717, 1.165) is 17.3 Å². The highest BCUT2D eigenvalue weighted by Crippen LogP contribution is 2.37. The van der Waals surface area contributed by atoms with E-state index in [1.807, 2.05) is 51.1 Å². The third-order valence-electron chi connectivity index (χ3n) is 9.30. The molecule has 1 fully saturated rings. The molecule has 49 heavy (non-hydrogen) atoms. The Morgan fingerprint density at radius 2 is 1.65 bits per heavy atom. The monoisotopic (exact) mass is 695 g/mol. The van der Waals surface area contributed by atoms with Crippen LogP contribution in [0.3, 0.4) is 0 Å². The van der Waals surface area contributed by atoms with Crippen molar-refractivity contribution in [3.8, 4) is 0 Å². The molecule has 1 aliphatic rings. The highest BCUT2D eigenvalue weighted by atomic mass is 28.4. The minimum Gasteiger partial charge on any atom is -0.444 e. The summed E-state index contributed by atoms with van der Waals surface area (Å²) in [5.41, 5.74) is 1.59. The average molecular weight is 696 g/mol. The Bertz CT molecular complexity index is 1560. The van der Waals surface area contributed by atoms with E-state index in [0.29, 0.717) is 18.6 Å². The third kappa shape index (κ3) is 10.7. The maximum atomic E-state index is 15.3. The fourth-order valence-electron chi connectivity index (χ4n) is 5.46. The van der Waals surface area contributed by atoms with Crippen molar-refractivity contribution in [2.45, 2.75) is 103 Å². The fourth-order valence-corrected chi connectivity index (χ4v) is 6.50. The number of hydrogen-bond acceptors (Lipinski definition) is 6. The predicted molar refractivity (Wildman–Crippen MR) is 190 cm³/mol. The second-order valence-electron chi connectivity index (χ2n) is 15.3. The normalized spacial score (nSPS) is 17.8. The molecule has 2 amide bonds. The Labute approximate surface area is 290 Å². The van der Waals surface area contributed by atoms with Crippen LogP contribution in [-0.4, -0.2) is 67.7 Å². The summed E-state index contributed by atoms with van der Waals surface area (Å²) in [6.45, 7) is 17.2. The van der Waals surface area contributed by atoms with Crippen LogP contribution in [-0.2, 0) is 25.1 Å². The summed E-state index contributed by atoms with van der Waals surface area (Å²) < 4.78 is 47.4. The summed E-state index contributed by atoms with van der Waals surface area (Å²) in [6.07, 6.45) is 2.41. The number of benzene rings is 2. The summed E-state index contributed by atoms with van der Waals surface area (Å²) in [7, 11) is -2.09. The average Bonchev–Trinajstić information content (AvgIpc) is 3.02. The van der Waals surface area contributed by atoms with E-state index in [9.17, 15) is 14.0 Å². The second kappa shape index (κ2) is 15.9. The van der Waals surface area contributed by atoms with Gasteiger partial charge >= 0.3 is 6.09 Å². The predicted octanol–water partition coefficient (Wildman–Crippen LogP) is 8.48. The molecule has 0 spiro atoms. The number of rotatable bonds is 11. The molecule has 3 atom stereocenters. The molecule has 0 aliphatic carbocycles. The molecule has 1 aliphatic heterocycles.